The molecule has 1 fully saturated rings. The van der Waals surface area contributed by atoms with Gasteiger partial charge in [0.1, 0.15) is 30.7 Å². The summed E-state index contributed by atoms with van der Waals surface area (Å²) in [6.07, 6.45) is 22.7. The van der Waals surface area contributed by atoms with Crippen LogP contribution >= 0.6 is 15.6 Å². The minimum Gasteiger partial charge on any atom is -0.462 e. The second-order valence-electron chi connectivity index (χ2n) is 16.4. The summed E-state index contributed by atoms with van der Waals surface area (Å²) in [5.74, 6) is -0.851. The molecule has 1 saturated heterocycles. The van der Waals surface area contributed by atoms with E-state index < -0.39 is 95.9 Å². The quantitative estimate of drug-likeness (QED) is 0.0128. The van der Waals surface area contributed by atoms with Crippen LogP contribution < -0.4 is 11.4 Å². The number of unbranched alkanes of at least 4 members (excludes halogenated alkanes) is 5. The Labute approximate surface area is 399 Å². The number of esters is 2. The fraction of sp³-hybridized carbons (Fsp3) is 0.609. The van der Waals surface area contributed by atoms with Crippen LogP contribution in [0.1, 0.15) is 117 Å². The Morgan fingerprint density at radius 1 is 0.824 bits per heavy atom. The van der Waals surface area contributed by atoms with Gasteiger partial charge < -0.3 is 50.2 Å². The van der Waals surface area contributed by atoms with Gasteiger partial charge in [-0.3, -0.25) is 23.2 Å². The molecule has 0 amide bonds. The second-order valence-corrected chi connectivity index (χ2v) is 19.4. The van der Waals surface area contributed by atoms with Crippen molar-refractivity contribution in [1.29, 1.82) is 0 Å². The van der Waals surface area contributed by atoms with Gasteiger partial charge in [0.2, 0.25) is 0 Å². The van der Waals surface area contributed by atoms with E-state index in [-0.39, 0.29) is 18.7 Å². The van der Waals surface area contributed by atoms with Gasteiger partial charge in [-0.25, -0.2) is 13.9 Å². The van der Waals surface area contributed by atoms with Crippen molar-refractivity contribution in [3.05, 3.63) is 95.7 Å². The van der Waals surface area contributed by atoms with Crippen molar-refractivity contribution in [2.75, 3.05) is 25.6 Å². The number of aromatic nitrogens is 2. The first-order valence-electron chi connectivity index (χ1n) is 23.0. The van der Waals surface area contributed by atoms with E-state index in [0.717, 1.165) is 55.7 Å². The topological polar surface area (TPSA) is 306 Å². The maximum Gasteiger partial charge on any atom is 0.481 e. The molecule has 8 N–H and O–H groups in total. The molecule has 0 aliphatic carbocycles. The third kappa shape index (κ3) is 27.3. The first kappa shape index (κ1) is 60.2. The fourth-order valence-corrected chi connectivity index (χ4v) is 8.40. The molecule has 9 atom stereocenters. The number of hydrogen-bond donors (Lipinski definition) is 7. The molecule has 20 nitrogen and oxygen atoms in total. The maximum absolute atomic E-state index is 12.8. The summed E-state index contributed by atoms with van der Waals surface area (Å²) in [5.41, 5.74) is 4.55. The smallest absolute Gasteiger partial charge is 0.462 e. The summed E-state index contributed by atoms with van der Waals surface area (Å²) >= 11 is 0. The average Bonchev–Trinajstić information content (AvgIpc) is 3.55. The van der Waals surface area contributed by atoms with Gasteiger partial charge in [-0.05, 0) is 50.5 Å². The van der Waals surface area contributed by atoms with Crippen LogP contribution in [-0.2, 0) is 46.3 Å². The van der Waals surface area contributed by atoms with Gasteiger partial charge in [-0.1, -0.05) is 132 Å². The van der Waals surface area contributed by atoms with Crippen molar-refractivity contribution in [2.24, 2.45) is 5.92 Å². The fourth-order valence-electron chi connectivity index (χ4n) is 6.29. The van der Waals surface area contributed by atoms with Crippen LogP contribution in [-0.4, -0.2) is 108 Å². The maximum atomic E-state index is 12.8. The molecule has 22 heteroatoms. The minimum atomic E-state index is -5.45. The number of carbonyl (C=O) groups is 2. The van der Waals surface area contributed by atoms with Crippen LogP contribution in [0.2, 0.25) is 0 Å². The molecule has 2 heterocycles. The SMILES string of the molecule is CC/C=C\C[C@@H](O)/C=C/C=C\C=C\[C@@H](O)C/C=C\C/C=C\CCC(=O)OC[C@H](COP(=O)(O)OP(=O)(O)OC[C@H]1O[C@@H](n2ccc(N)nc2=O)[C@H](O)[C@@H]1O)OC(=O)CCCCCCCCC(C)C. The van der Waals surface area contributed by atoms with Crippen molar-refractivity contribution in [2.45, 2.75) is 154 Å². The lowest BCUT2D eigenvalue weighted by atomic mass is 10.0. The Balaban J connectivity index is 1.86. The molecule has 0 saturated carbocycles. The van der Waals surface area contributed by atoms with Crippen LogP contribution in [0.5, 0.6) is 0 Å². The molecule has 68 heavy (non-hydrogen) atoms. The minimum absolute atomic E-state index is 0.00579. The highest BCUT2D eigenvalue weighted by atomic mass is 31.3. The number of carbonyl (C=O) groups excluding carboxylic acids is 2. The lowest BCUT2D eigenvalue weighted by molar-refractivity contribution is -0.161. The Kier molecular flexibility index (Phi) is 29.8. The lowest BCUT2D eigenvalue weighted by Gasteiger charge is -2.21. The Morgan fingerprint density at radius 2 is 1.44 bits per heavy atom. The lowest BCUT2D eigenvalue weighted by Crippen LogP contribution is -2.36. The van der Waals surface area contributed by atoms with E-state index in [9.17, 15) is 53.7 Å². The molecule has 0 radical (unpaired) electrons. The van der Waals surface area contributed by atoms with E-state index in [1.54, 1.807) is 42.5 Å². The Morgan fingerprint density at radius 3 is 2.09 bits per heavy atom. The number of aliphatic hydroxyl groups is 4. The van der Waals surface area contributed by atoms with Gasteiger partial charge in [-0.2, -0.15) is 9.29 Å². The van der Waals surface area contributed by atoms with E-state index in [1.807, 2.05) is 37.3 Å². The summed E-state index contributed by atoms with van der Waals surface area (Å²) < 4.78 is 56.3. The number of anilines is 1. The number of phosphoric ester groups is 2. The normalized spacial score (nSPS) is 21.1. The monoisotopic (exact) mass is 1000 g/mol. The van der Waals surface area contributed by atoms with E-state index in [4.69, 9.17) is 29.0 Å². The van der Waals surface area contributed by atoms with Crippen molar-refractivity contribution >= 4 is 33.4 Å². The number of allylic oxidation sites excluding steroid dienone is 8. The number of phosphoric acid groups is 2. The standard InChI is InChI=1S/C46H73N3O17P2/c1-4-5-16-24-36(50)26-19-14-15-20-27-37(51)25-18-11-7-9-12-21-28-41(52)61-32-38(64-42(53)29-22-13-8-6-10-17-23-35(2)3)33-62-67(57,58)66-68(59,60)63-34-39-43(54)44(55)45(65-39)49-31-30-40(47)48-46(49)56/h5,9,11-12,14-16,18-20,26-27,30-31,35-39,43-45,50-51,54-55H,4,6-8,10,13,17,21-25,28-29,32-34H2,1-3H3,(H,57,58)(H,59,60)(H2,47,48,56)/b12-9-,15-14-,16-5-,18-11-,26-19+,27-20+/t36-,37+,38-,39-,43-,44-,45-/m1/s1. The van der Waals surface area contributed by atoms with Gasteiger partial charge in [0.05, 0.1) is 25.4 Å². The molecule has 2 rings (SSSR count). The van der Waals surface area contributed by atoms with E-state index in [1.165, 1.54) is 6.07 Å². The van der Waals surface area contributed by atoms with Crippen molar-refractivity contribution < 1.29 is 76.5 Å². The number of nitrogen functional groups attached to an aromatic ring is 1. The van der Waals surface area contributed by atoms with Crippen LogP contribution in [0.15, 0.2) is 90.0 Å². The summed E-state index contributed by atoms with van der Waals surface area (Å²) in [4.78, 5) is 61.6. The number of rotatable bonds is 35. The zero-order valence-corrected chi connectivity index (χ0v) is 41.1. The Hall–Kier alpha value is -3.88. The highest BCUT2D eigenvalue weighted by Gasteiger charge is 2.46. The average molecular weight is 1000 g/mol. The predicted molar refractivity (Wildman–Crippen MR) is 254 cm³/mol. The molecular formula is C46H73N3O17P2. The molecule has 1 aromatic rings. The van der Waals surface area contributed by atoms with Gasteiger partial charge in [0.15, 0.2) is 12.3 Å². The zero-order chi connectivity index (χ0) is 50.4. The van der Waals surface area contributed by atoms with Crippen LogP contribution in [0, 0.1) is 5.92 Å². The molecule has 1 aromatic heterocycles. The molecule has 0 bridgehead atoms. The van der Waals surface area contributed by atoms with E-state index in [0.29, 0.717) is 38.0 Å². The number of aliphatic hydroxyl groups excluding tert-OH is 4. The predicted octanol–water partition coefficient (Wildman–Crippen LogP) is 6.35. The summed E-state index contributed by atoms with van der Waals surface area (Å²) in [6, 6.07) is 1.23. The largest absolute Gasteiger partial charge is 0.481 e. The summed E-state index contributed by atoms with van der Waals surface area (Å²) in [6.45, 7) is 3.92. The first-order valence-corrected chi connectivity index (χ1v) is 26.0. The van der Waals surface area contributed by atoms with Crippen molar-refractivity contribution in [1.82, 2.24) is 9.55 Å². The van der Waals surface area contributed by atoms with Gasteiger partial charge >= 0.3 is 33.3 Å². The highest BCUT2D eigenvalue weighted by molar-refractivity contribution is 7.61. The summed E-state index contributed by atoms with van der Waals surface area (Å²) in [7, 11) is -10.9. The summed E-state index contributed by atoms with van der Waals surface area (Å²) in [5, 5.41) is 40.8. The van der Waals surface area contributed by atoms with Crippen molar-refractivity contribution in [3.63, 3.8) is 0 Å². The third-order valence-corrected chi connectivity index (χ3v) is 12.5. The zero-order valence-electron chi connectivity index (χ0n) is 39.3. The first-order chi connectivity index (χ1) is 32.3. The molecule has 0 aromatic carbocycles. The molecule has 2 unspecified atom stereocenters. The van der Waals surface area contributed by atoms with E-state index in [2.05, 4.69) is 23.1 Å². The molecule has 384 valence electrons. The van der Waals surface area contributed by atoms with Crippen LogP contribution in [0.4, 0.5) is 5.82 Å². The van der Waals surface area contributed by atoms with Crippen molar-refractivity contribution in [3.8, 4) is 0 Å². The Bertz CT molecular complexity index is 1970. The van der Waals surface area contributed by atoms with E-state index >= 15 is 0 Å². The van der Waals surface area contributed by atoms with Crippen LogP contribution in [0.3, 0.4) is 0 Å². The number of nitrogens with two attached hydrogens (primary N) is 1. The molecule has 1 aliphatic heterocycles. The number of ether oxygens (including phenoxy) is 3. The molecule has 1 aliphatic rings. The molecular weight excluding hydrogens is 928 g/mol. The highest BCUT2D eigenvalue weighted by Crippen LogP contribution is 2.60. The second kappa shape index (κ2) is 33.6. The van der Waals surface area contributed by atoms with Gasteiger partial charge in [0, 0.05) is 19.0 Å². The number of hydrogen-bond acceptors (Lipinski definition) is 17. The van der Waals surface area contributed by atoms with Gasteiger partial charge in [-0.15, -0.1) is 0 Å². The molecule has 0 spiro atoms. The van der Waals surface area contributed by atoms with Crippen LogP contribution in [0.25, 0.3) is 0 Å². The number of nitrogens with zero attached hydrogens (tertiary/aromatic N) is 2. The third-order valence-electron chi connectivity index (χ3n) is 9.91. The van der Waals surface area contributed by atoms with Gasteiger partial charge in [0.25, 0.3) is 0 Å².